The minimum Gasteiger partial charge on any atom is -0.341 e. The minimum absolute atomic E-state index is 0.349. The Balaban J connectivity index is 1.43. The standard InChI is InChI=1S/C16H22N4O/c21-14-4-5-16(12-20(14)13-2-3-13)6-10-19(11-7-16)15-17-8-1-9-18-15/h1,8-9,13H,2-7,10-12H2. The molecule has 4 rings (SSSR count). The monoisotopic (exact) mass is 286 g/mol. The normalized spacial score (nSPS) is 25.4. The molecule has 0 bridgehead atoms. The third kappa shape index (κ3) is 2.49. The van der Waals surface area contributed by atoms with Crippen molar-refractivity contribution >= 4 is 11.9 Å². The van der Waals surface area contributed by atoms with Crippen molar-refractivity contribution in [2.75, 3.05) is 24.5 Å². The van der Waals surface area contributed by atoms with Crippen molar-refractivity contribution in [1.29, 1.82) is 0 Å². The maximum absolute atomic E-state index is 12.1. The number of hydrogen-bond donors (Lipinski definition) is 0. The molecule has 1 aromatic heterocycles. The zero-order valence-electron chi connectivity index (χ0n) is 12.4. The van der Waals surface area contributed by atoms with Crippen LogP contribution in [0.2, 0.25) is 0 Å². The molecule has 2 aliphatic heterocycles. The molecular weight excluding hydrogens is 264 g/mol. The highest BCUT2D eigenvalue weighted by atomic mass is 16.2. The van der Waals surface area contributed by atoms with Crippen molar-refractivity contribution in [1.82, 2.24) is 14.9 Å². The number of carbonyl (C=O) groups excluding carboxylic acids is 1. The molecule has 112 valence electrons. The second-order valence-electron chi connectivity index (χ2n) is 6.79. The molecular formula is C16H22N4O. The van der Waals surface area contributed by atoms with Gasteiger partial charge in [-0.3, -0.25) is 4.79 Å². The van der Waals surface area contributed by atoms with Gasteiger partial charge < -0.3 is 9.80 Å². The molecule has 0 unspecified atom stereocenters. The van der Waals surface area contributed by atoms with E-state index in [0.717, 1.165) is 51.3 Å². The van der Waals surface area contributed by atoms with Gasteiger partial charge in [-0.1, -0.05) is 0 Å². The van der Waals surface area contributed by atoms with Crippen LogP contribution in [-0.2, 0) is 4.79 Å². The summed E-state index contributed by atoms with van der Waals surface area (Å²) in [7, 11) is 0. The average Bonchev–Trinajstić information content (AvgIpc) is 3.37. The molecule has 1 spiro atoms. The second-order valence-corrected chi connectivity index (χ2v) is 6.79. The second kappa shape index (κ2) is 4.97. The molecule has 2 saturated heterocycles. The van der Waals surface area contributed by atoms with Gasteiger partial charge in [0.15, 0.2) is 0 Å². The number of anilines is 1. The van der Waals surface area contributed by atoms with Crippen LogP contribution < -0.4 is 4.90 Å². The molecule has 1 amide bonds. The number of aromatic nitrogens is 2. The third-order valence-electron chi connectivity index (χ3n) is 5.34. The maximum Gasteiger partial charge on any atom is 0.225 e. The Hall–Kier alpha value is -1.65. The SMILES string of the molecule is O=C1CCC2(CCN(c3ncccn3)CC2)CN1C1CC1. The summed E-state index contributed by atoms with van der Waals surface area (Å²) >= 11 is 0. The first kappa shape index (κ1) is 13.0. The van der Waals surface area contributed by atoms with Crippen LogP contribution in [0.5, 0.6) is 0 Å². The van der Waals surface area contributed by atoms with Crippen LogP contribution in [0.4, 0.5) is 5.95 Å². The molecule has 1 saturated carbocycles. The Morgan fingerprint density at radius 1 is 1.10 bits per heavy atom. The molecule has 0 aromatic carbocycles. The topological polar surface area (TPSA) is 49.3 Å². The molecule has 3 fully saturated rings. The van der Waals surface area contributed by atoms with Crippen LogP contribution in [-0.4, -0.2) is 46.5 Å². The summed E-state index contributed by atoms with van der Waals surface area (Å²) in [5.74, 6) is 1.23. The summed E-state index contributed by atoms with van der Waals surface area (Å²) in [5, 5.41) is 0. The molecule has 1 aliphatic carbocycles. The van der Waals surface area contributed by atoms with Crippen molar-refractivity contribution in [2.24, 2.45) is 5.41 Å². The highest BCUT2D eigenvalue weighted by Crippen LogP contribution is 2.43. The van der Waals surface area contributed by atoms with E-state index in [9.17, 15) is 4.79 Å². The number of piperidine rings is 2. The number of hydrogen-bond acceptors (Lipinski definition) is 4. The molecule has 5 heteroatoms. The van der Waals surface area contributed by atoms with Crippen molar-refractivity contribution in [2.45, 2.75) is 44.6 Å². The van der Waals surface area contributed by atoms with E-state index in [1.54, 1.807) is 12.4 Å². The lowest BCUT2D eigenvalue weighted by Gasteiger charge is -2.47. The zero-order valence-corrected chi connectivity index (χ0v) is 12.4. The molecule has 3 aliphatic rings. The van der Waals surface area contributed by atoms with Crippen molar-refractivity contribution < 1.29 is 4.79 Å². The molecule has 3 heterocycles. The smallest absolute Gasteiger partial charge is 0.225 e. The van der Waals surface area contributed by atoms with E-state index in [4.69, 9.17) is 0 Å². The lowest BCUT2D eigenvalue weighted by molar-refractivity contribution is -0.139. The summed E-state index contributed by atoms with van der Waals surface area (Å²) in [4.78, 5) is 25.2. The van der Waals surface area contributed by atoms with Crippen LogP contribution in [0.1, 0.15) is 38.5 Å². The average molecular weight is 286 g/mol. The molecule has 1 aromatic rings. The van der Waals surface area contributed by atoms with E-state index in [1.807, 2.05) is 6.07 Å². The molecule has 21 heavy (non-hydrogen) atoms. The van der Waals surface area contributed by atoms with Crippen LogP contribution in [0.3, 0.4) is 0 Å². The van der Waals surface area contributed by atoms with Gasteiger partial charge in [-0.05, 0) is 43.6 Å². The molecule has 0 N–H and O–H groups in total. The Morgan fingerprint density at radius 2 is 1.81 bits per heavy atom. The van der Waals surface area contributed by atoms with E-state index in [2.05, 4.69) is 19.8 Å². The number of nitrogens with zero attached hydrogens (tertiary/aromatic N) is 4. The quantitative estimate of drug-likeness (QED) is 0.832. The van der Waals surface area contributed by atoms with Gasteiger partial charge in [-0.15, -0.1) is 0 Å². The zero-order chi connectivity index (χ0) is 14.3. The Labute approximate surface area is 125 Å². The molecule has 0 radical (unpaired) electrons. The fourth-order valence-electron chi connectivity index (χ4n) is 3.81. The van der Waals surface area contributed by atoms with Gasteiger partial charge in [0, 0.05) is 44.5 Å². The van der Waals surface area contributed by atoms with Gasteiger partial charge in [0.25, 0.3) is 0 Å². The Morgan fingerprint density at radius 3 is 2.48 bits per heavy atom. The summed E-state index contributed by atoms with van der Waals surface area (Å²) in [6.07, 6.45) is 10.2. The van der Waals surface area contributed by atoms with Crippen LogP contribution in [0, 0.1) is 5.41 Å². The third-order valence-corrected chi connectivity index (χ3v) is 5.34. The fraction of sp³-hybridized carbons (Fsp3) is 0.688. The first-order chi connectivity index (χ1) is 10.3. The van der Waals surface area contributed by atoms with Gasteiger partial charge >= 0.3 is 0 Å². The number of likely N-dealkylation sites (tertiary alicyclic amines) is 1. The lowest BCUT2D eigenvalue weighted by Crippen LogP contribution is -2.52. The van der Waals surface area contributed by atoms with Crippen LogP contribution >= 0.6 is 0 Å². The maximum atomic E-state index is 12.1. The van der Waals surface area contributed by atoms with Gasteiger partial charge in [-0.25, -0.2) is 9.97 Å². The summed E-state index contributed by atoms with van der Waals surface area (Å²) < 4.78 is 0. The van der Waals surface area contributed by atoms with Gasteiger partial charge in [0.2, 0.25) is 11.9 Å². The highest BCUT2D eigenvalue weighted by molar-refractivity contribution is 5.78. The van der Waals surface area contributed by atoms with Crippen molar-refractivity contribution in [3.05, 3.63) is 18.5 Å². The molecule has 0 atom stereocenters. The highest BCUT2D eigenvalue weighted by Gasteiger charge is 2.45. The van der Waals surface area contributed by atoms with E-state index >= 15 is 0 Å². The predicted molar refractivity (Wildman–Crippen MR) is 79.9 cm³/mol. The minimum atomic E-state index is 0.349. The Kier molecular flexibility index (Phi) is 3.08. The lowest BCUT2D eigenvalue weighted by atomic mass is 9.72. The summed E-state index contributed by atoms with van der Waals surface area (Å²) in [5.41, 5.74) is 0.349. The summed E-state index contributed by atoms with van der Waals surface area (Å²) in [6, 6.07) is 2.42. The van der Waals surface area contributed by atoms with Crippen LogP contribution in [0.25, 0.3) is 0 Å². The van der Waals surface area contributed by atoms with Gasteiger partial charge in [0.1, 0.15) is 0 Å². The first-order valence-electron chi connectivity index (χ1n) is 8.07. The molecule has 5 nitrogen and oxygen atoms in total. The predicted octanol–water partition coefficient (Wildman–Crippen LogP) is 1.85. The fourth-order valence-corrected chi connectivity index (χ4v) is 3.81. The number of carbonyl (C=O) groups is 1. The van der Waals surface area contributed by atoms with E-state index in [0.29, 0.717) is 17.4 Å². The van der Waals surface area contributed by atoms with E-state index < -0.39 is 0 Å². The van der Waals surface area contributed by atoms with Crippen molar-refractivity contribution in [3.63, 3.8) is 0 Å². The van der Waals surface area contributed by atoms with Gasteiger partial charge in [0.05, 0.1) is 0 Å². The van der Waals surface area contributed by atoms with Crippen LogP contribution in [0.15, 0.2) is 18.5 Å². The van der Waals surface area contributed by atoms with Crippen molar-refractivity contribution in [3.8, 4) is 0 Å². The van der Waals surface area contributed by atoms with E-state index in [-0.39, 0.29) is 0 Å². The Bertz CT molecular complexity index is 520. The number of amides is 1. The largest absolute Gasteiger partial charge is 0.341 e. The summed E-state index contributed by atoms with van der Waals surface area (Å²) in [6.45, 7) is 3.01. The van der Waals surface area contributed by atoms with Gasteiger partial charge in [-0.2, -0.15) is 0 Å². The first-order valence-corrected chi connectivity index (χ1v) is 8.07. The van der Waals surface area contributed by atoms with E-state index in [1.165, 1.54) is 12.8 Å². The number of rotatable bonds is 2.